The lowest BCUT2D eigenvalue weighted by Crippen LogP contribution is -2.41. The summed E-state index contributed by atoms with van der Waals surface area (Å²) < 4.78 is 0. The molecule has 2 aliphatic rings. The number of hydrogen-bond acceptors (Lipinski definition) is 2. The minimum Gasteiger partial charge on any atom is -0.341 e. The molecule has 3 nitrogen and oxygen atoms in total. The first-order chi connectivity index (χ1) is 15.3. The summed E-state index contributed by atoms with van der Waals surface area (Å²) in [4.78, 5) is 18.0. The third-order valence-corrected chi connectivity index (χ3v) is 6.98. The molecule has 0 N–H and O–H groups in total. The van der Waals surface area contributed by atoms with E-state index in [4.69, 9.17) is 0 Å². The average molecular weight is 411 g/mol. The molecule has 0 spiro atoms. The van der Waals surface area contributed by atoms with E-state index in [9.17, 15) is 4.79 Å². The number of benzene rings is 3. The Morgan fingerprint density at radius 1 is 0.806 bits per heavy atom. The van der Waals surface area contributed by atoms with Gasteiger partial charge in [-0.05, 0) is 35.1 Å². The highest BCUT2D eigenvalue weighted by Gasteiger charge is 2.33. The smallest absolute Gasteiger partial charge is 0.223 e. The summed E-state index contributed by atoms with van der Waals surface area (Å²) in [6.07, 6.45) is 2.73. The van der Waals surface area contributed by atoms with E-state index in [1.54, 1.807) is 0 Å². The Labute approximate surface area is 185 Å². The highest BCUT2D eigenvalue weighted by Crippen LogP contribution is 2.30. The van der Waals surface area contributed by atoms with E-state index < -0.39 is 0 Å². The van der Waals surface area contributed by atoms with Crippen LogP contribution < -0.4 is 0 Å². The molecule has 0 aromatic heterocycles. The van der Waals surface area contributed by atoms with Gasteiger partial charge in [0.1, 0.15) is 0 Å². The van der Waals surface area contributed by atoms with Crippen molar-refractivity contribution < 1.29 is 4.79 Å². The standard InChI is InChI=1S/C28H30N2O/c31-28(19-27(23-10-3-1-4-11-23)24-12-5-2-6-13-24)30-18-16-26(21-30)29-17-15-22-9-7-8-14-25(22)20-29/h1-14,26-27H,15-21H2/t26-/m1/s1. The van der Waals surface area contributed by atoms with Gasteiger partial charge < -0.3 is 4.90 Å². The molecule has 0 unspecified atom stereocenters. The van der Waals surface area contributed by atoms with Crippen LogP contribution in [0.1, 0.15) is 41.0 Å². The Morgan fingerprint density at radius 2 is 1.42 bits per heavy atom. The summed E-state index contributed by atoms with van der Waals surface area (Å²) in [5.41, 5.74) is 5.36. The first-order valence-electron chi connectivity index (χ1n) is 11.5. The Morgan fingerprint density at radius 3 is 2.10 bits per heavy atom. The van der Waals surface area contributed by atoms with Crippen LogP contribution in [0.3, 0.4) is 0 Å². The van der Waals surface area contributed by atoms with E-state index in [-0.39, 0.29) is 11.8 Å². The van der Waals surface area contributed by atoms with Gasteiger partial charge in [-0.3, -0.25) is 9.69 Å². The molecule has 3 heteroatoms. The van der Waals surface area contributed by atoms with Crippen molar-refractivity contribution in [3.63, 3.8) is 0 Å². The van der Waals surface area contributed by atoms with E-state index in [0.717, 1.165) is 39.0 Å². The molecule has 158 valence electrons. The second kappa shape index (κ2) is 9.07. The van der Waals surface area contributed by atoms with Crippen LogP contribution in [0.4, 0.5) is 0 Å². The molecular formula is C28H30N2O. The van der Waals surface area contributed by atoms with Crippen molar-refractivity contribution in [2.24, 2.45) is 0 Å². The van der Waals surface area contributed by atoms with Crippen LogP contribution in [0.15, 0.2) is 84.9 Å². The molecule has 1 saturated heterocycles. The summed E-state index contributed by atoms with van der Waals surface area (Å²) in [7, 11) is 0. The van der Waals surface area contributed by atoms with Crippen LogP contribution in [-0.2, 0) is 17.8 Å². The van der Waals surface area contributed by atoms with Gasteiger partial charge in [0, 0.05) is 44.6 Å². The molecule has 31 heavy (non-hydrogen) atoms. The summed E-state index contributed by atoms with van der Waals surface area (Å²) in [6, 6.07) is 30.2. The van der Waals surface area contributed by atoms with Gasteiger partial charge in [0.2, 0.25) is 5.91 Å². The first kappa shape index (κ1) is 20.0. The lowest BCUT2D eigenvalue weighted by Gasteiger charge is -2.33. The summed E-state index contributed by atoms with van der Waals surface area (Å²) >= 11 is 0. The fourth-order valence-corrected chi connectivity index (χ4v) is 5.20. The van der Waals surface area contributed by atoms with Gasteiger partial charge >= 0.3 is 0 Å². The topological polar surface area (TPSA) is 23.6 Å². The van der Waals surface area contributed by atoms with Crippen LogP contribution in [0, 0.1) is 0 Å². The Hall–Kier alpha value is -2.91. The van der Waals surface area contributed by atoms with Gasteiger partial charge in [-0.25, -0.2) is 0 Å². The minimum absolute atomic E-state index is 0.107. The fraction of sp³-hybridized carbons (Fsp3) is 0.321. The third-order valence-electron chi connectivity index (χ3n) is 6.98. The molecule has 3 aromatic rings. The number of nitrogens with zero attached hydrogens (tertiary/aromatic N) is 2. The number of fused-ring (bicyclic) bond motifs is 1. The average Bonchev–Trinajstić information content (AvgIpc) is 3.34. The maximum Gasteiger partial charge on any atom is 0.223 e. The van der Waals surface area contributed by atoms with E-state index in [2.05, 4.69) is 82.6 Å². The van der Waals surface area contributed by atoms with E-state index in [0.29, 0.717) is 12.5 Å². The molecule has 2 heterocycles. The van der Waals surface area contributed by atoms with Crippen molar-refractivity contribution in [3.8, 4) is 0 Å². The SMILES string of the molecule is O=C(CC(c1ccccc1)c1ccccc1)N1CC[C@@H](N2CCc3ccccc3C2)C1. The summed E-state index contributed by atoms with van der Waals surface area (Å²) in [5, 5.41) is 0. The molecule has 0 saturated carbocycles. The normalized spacial score (nSPS) is 18.9. The fourth-order valence-electron chi connectivity index (χ4n) is 5.20. The van der Waals surface area contributed by atoms with Gasteiger partial charge in [-0.1, -0.05) is 84.9 Å². The highest BCUT2D eigenvalue weighted by molar-refractivity contribution is 5.78. The van der Waals surface area contributed by atoms with Gasteiger partial charge in [0.05, 0.1) is 0 Å². The molecule has 2 aliphatic heterocycles. The van der Waals surface area contributed by atoms with Gasteiger partial charge in [-0.15, -0.1) is 0 Å². The van der Waals surface area contributed by atoms with E-state index in [1.807, 2.05) is 12.1 Å². The second-order valence-electron chi connectivity index (χ2n) is 8.85. The van der Waals surface area contributed by atoms with Crippen LogP contribution in [0.5, 0.6) is 0 Å². The predicted octanol–water partition coefficient (Wildman–Crippen LogP) is 4.87. The van der Waals surface area contributed by atoms with Gasteiger partial charge in [-0.2, -0.15) is 0 Å². The van der Waals surface area contributed by atoms with Gasteiger partial charge in [0.25, 0.3) is 0 Å². The number of amides is 1. The minimum atomic E-state index is 0.107. The number of hydrogen-bond donors (Lipinski definition) is 0. The Bertz CT molecular complexity index is 978. The Balaban J connectivity index is 1.26. The molecule has 1 fully saturated rings. The number of carbonyl (C=O) groups is 1. The number of likely N-dealkylation sites (tertiary alicyclic amines) is 1. The monoisotopic (exact) mass is 410 g/mol. The number of rotatable bonds is 5. The van der Waals surface area contributed by atoms with Crippen molar-refractivity contribution in [2.45, 2.75) is 37.8 Å². The zero-order valence-electron chi connectivity index (χ0n) is 18.0. The Kier molecular flexibility index (Phi) is 5.86. The highest BCUT2D eigenvalue weighted by atomic mass is 16.2. The predicted molar refractivity (Wildman–Crippen MR) is 125 cm³/mol. The van der Waals surface area contributed by atoms with Crippen molar-refractivity contribution in [2.75, 3.05) is 19.6 Å². The van der Waals surface area contributed by atoms with E-state index >= 15 is 0 Å². The molecule has 1 amide bonds. The van der Waals surface area contributed by atoms with Crippen LogP contribution in [0.2, 0.25) is 0 Å². The maximum atomic E-state index is 13.3. The van der Waals surface area contributed by atoms with Crippen molar-refractivity contribution >= 4 is 5.91 Å². The van der Waals surface area contributed by atoms with Crippen molar-refractivity contribution in [1.82, 2.24) is 9.80 Å². The maximum absolute atomic E-state index is 13.3. The number of carbonyl (C=O) groups excluding carboxylic acids is 1. The lowest BCUT2D eigenvalue weighted by molar-refractivity contribution is -0.130. The molecular weight excluding hydrogens is 380 g/mol. The van der Waals surface area contributed by atoms with Crippen molar-refractivity contribution in [1.29, 1.82) is 0 Å². The van der Waals surface area contributed by atoms with Crippen LogP contribution in [-0.4, -0.2) is 41.4 Å². The van der Waals surface area contributed by atoms with Gasteiger partial charge in [0.15, 0.2) is 0 Å². The van der Waals surface area contributed by atoms with E-state index in [1.165, 1.54) is 22.3 Å². The zero-order valence-corrected chi connectivity index (χ0v) is 18.0. The second-order valence-corrected chi connectivity index (χ2v) is 8.85. The van der Waals surface area contributed by atoms with Crippen molar-refractivity contribution in [3.05, 3.63) is 107 Å². The summed E-state index contributed by atoms with van der Waals surface area (Å²) in [6.45, 7) is 3.84. The largest absolute Gasteiger partial charge is 0.341 e. The van der Waals surface area contributed by atoms with Crippen LogP contribution >= 0.6 is 0 Å². The van der Waals surface area contributed by atoms with Crippen LogP contribution in [0.25, 0.3) is 0 Å². The zero-order chi connectivity index (χ0) is 21.0. The molecule has 1 atom stereocenters. The molecule has 3 aromatic carbocycles. The molecule has 0 radical (unpaired) electrons. The molecule has 0 bridgehead atoms. The molecule has 5 rings (SSSR count). The first-order valence-corrected chi connectivity index (χ1v) is 11.5. The third kappa shape index (κ3) is 4.42. The quantitative estimate of drug-likeness (QED) is 0.599. The molecule has 0 aliphatic carbocycles. The summed E-state index contributed by atoms with van der Waals surface area (Å²) in [5.74, 6) is 0.383. The lowest BCUT2D eigenvalue weighted by atomic mass is 9.88.